The number of likely N-dealkylation sites (tertiary alicyclic amines) is 1. The molecule has 1 N–H and O–H groups in total. The number of benzene rings is 2. The van der Waals surface area contributed by atoms with Gasteiger partial charge in [0.1, 0.15) is 0 Å². The molecule has 1 spiro atoms. The van der Waals surface area contributed by atoms with Gasteiger partial charge in [-0.1, -0.05) is 87.9 Å². The molecule has 1 aliphatic heterocycles. The fourth-order valence-electron chi connectivity index (χ4n) is 7.25. The van der Waals surface area contributed by atoms with Crippen LogP contribution < -0.4 is 10.4 Å². The summed E-state index contributed by atoms with van der Waals surface area (Å²) in [5.41, 5.74) is -0.144. The number of aliphatic hydroxyl groups excluding tert-OH is 1. The van der Waals surface area contributed by atoms with Gasteiger partial charge < -0.3 is 14.4 Å². The third-order valence-corrected chi connectivity index (χ3v) is 13.6. The first kappa shape index (κ1) is 26.1. The van der Waals surface area contributed by atoms with Gasteiger partial charge in [0.25, 0.3) is 8.32 Å². The molecule has 2 aromatic carbocycles. The van der Waals surface area contributed by atoms with Gasteiger partial charge in [-0.25, -0.2) is 0 Å². The molecule has 4 rings (SSSR count). The molecule has 5 heteroatoms. The van der Waals surface area contributed by atoms with E-state index in [2.05, 4.69) is 86.3 Å². The van der Waals surface area contributed by atoms with Gasteiger partial charge in [0.05, 0.1) is 0 Å². The molecule has 1 saturated carbocycles. The Morgan fingerprint density at radius 1 is 1.00 bits per heavy atom. The average molecular weight is 494 g/mol. The van der Waals surface area contributed by atoms with E-state index in [1.54, 1.807) is 6.92 Å². The number of piperidine rings is 1. The van der Waals surface area contributed by atoms with Crippen LogP contribution in [0.25, 0.3) is 0 Å². The first-order valence-electron chi connectivity index (χ1n) is 13.4. The lowest BCUT2D eigenvalue weighted by Crippen LogP contribution is -2.68. The largest absolute Gasteiger partial charge is 0.407 e. The maximum Gasteiger partial charge on any atom is 0.261 e. The van der Waals surface area contributed by atoms with Gasteiger partial charge in [-0.3, -0.25) is 4.79 Å². The molecule has 190 valence electrons. The molecule has 0 bridgehead atoms. The Hall–Kier alpha value is -1.95. The minimum absolute atomic E-state index is 0.0618. The lowest BCUT2D eigenvalue weighted by molar-refractivity contribution is -0.146. The standard InChI is InChI=1S/C30H43NO3Si/c1-24(33)31-26(19-22-32)14-12-21-30(31)20-11-13-25(30)23-34-35(29(2,3)4,27-15-7-5-8-16-27)28-17-9-6-10-18-28/h5-10,15-18,25-26,32H,11-14,19-23H2,1-4H3/t25-,26-,30+/m1/s1. The third kappa shape index (κ3) is 4.75. The highest BCUT2D eigenvalue weighted by Crippen LogP contribution is 2.49. The molecular formula is C30H43NO3Si. The molecule has 0 unspecified atom stereocenters. The first-order chi connectivity index (χ1) is 16.8. The van der Waals surface area contributed by atoms with E-state index in [0.717, 1.165) is 38.5 Å². The Kier molecular flexibility index (Phi) is 7.89. The van der Waals surface area contributed by atoms with Crippen molar-refractivity contribution < 1.29 is 14.3 Å². The van der Waals surface area contributed by atoms with E-state index in [-0.39, 0.29) is 29.1 Å². The van der Waals surface area contributed by atoms with Crippen LogP contribution in [0.2, 0.25) is 5.04 Å². The summed E-state index contributed by atoms with van der Waals surface area (Å²) in [4.78, 5) is 15.2. The van der Waals surface area contributed by atoms with Gasteiger partial charge in [0.15, 0.2) is 0 Å². The van der Waals surface area contributed by atoms with Crippen molar-refractivity contribution in [2.24, 2.45) is 5.92 Å². The quantitative estimate of drug-likeness (QED) is 0.559. The number of carbonyl (C=O) groups is 1. The van der Waals surface area contributed by atoms with Crippen molar-refractivity contribution in [3.05, 3.63) is 60.7 Å². The zero-order chi connectivity index (χ0) is 25.1. The summed E-state index contributed by atoms with van der Waals surface area (Å²) in [6, 6.07) is 21.8. The normalized spacial score (nSPS) is 25.2. The maximum atomic E-state index is 13.0. The SMILES string of the molecule is CC(=O)N1[C@@H](CCO)CCC[C@]12CCC[C@@H]2CO[Si](c1ccccc1)(c1ccccc1)C(C)(C)C. The number of amides is 1. The molecule has 4 nitrogen and oxygen atoms in total. The molecule has 3 atom stereocenters. The Balaban J connectivity index is 1.73. The van der Waals surface area contributed by atoms with Crippen LogP contribution in [-0.2, 0) is 9.22 Å². The van der Waals surface area contributed by atoms with Crippen LogP contribution in [0.15, 0.2) is 60.7 Å². The molecule has 1 amide bonds. The number of aliphatic hydroxyl groups is 1. The van der Waals surface area contributed by atoms with Gasteiger partial charge >= 0.3 is 0 Å². The molecule has 2 aromatic rings. The second-order valence-corrected chi connectivity index (χ2v) is 15.9. The highest BCUT2D eigenvalue weighted by Gasteiger charge is 2.55. The van der Waals surface area contributed by atoms with Gasteiger partial charge in [0.2, 0.25) is 5.91 Å². The molecule has 1 aliphatic carbocycles. The van der Waals surface area contributed by atoms with Crippen LogP contribution in [0.4, 0.5) is 0 Å². The van der Waals surface area contributed by atoms with Crippen molar-refractivity contribution >= 4 is 24.6 Å². The molecule has 1 heterocycles. The first-order valence-corrected chi connectivity index (χ1v) is 15.3. The number of nitrogens with zero attached hydrogens (tertiary/aromatic N) is 1. The van der Waals surface area contributed by atoms with Crippen molar-refractivity contribution in [1.82, 2.24) is 4.90 Å². The van der Waals surface area contributed by atoms with Crippen molar-refractivity contribution in [2.45, 2.75) is 89.3 Å². The van der Waals surface area contributed by atoms with Crippen LogP contribution in [0.5, 0.6) is 0 Å². The van der Waals surface area contributed by atoms with E-state index >= 15 is 0 Å². The summed E-state index contributed by atoms with van der Waals surface area (Å²) in [6.45, 7) is 9.49. The fraction of sp³-hybridized carbons (Fsp3) is 0.567. The zero-order valence-corrected chi connectivity index (χ0v) is 23.0. The topological polar surface area (TPSA) is 49.8 Å². The van der Waals surface area contributed by atoms with E-state index in [4.69, 9.17) is 4.43 Å². The molecule has 35 heavy (non-hydrogen) atoms. The molecular weight excluding hydrogens is 450 g/mol. The molecule has 1 saturated heterocycles. The van der Waals surface area contributed by atoms with E-state index in [0.29, 0.717) is 18.9 Å². The Morgan fingerprint density at radius 2 is 1.54 bits per heavy atom. The summed E-state index contributed by atoms with van der Waals surface area (Å²) >= 11 is 0. The van der Waals surface area contributed by atoms with E-state index in [9.17, 15) is 9.90 Å². The molecule has 2 aliphatic rings. The zero-order valence-electron chi connectivity index (χ0n) is 22.0. The van der Waals surface area contributed by atoms with Crippen LogP contribution in [0, 0.1) is 5.92 Å². The van der Waals surface area contributed by atoms with Crippen LogP contribution in [0.1, 0.15) is 72.6 Å². The number of carbonyl (C=O) groups excluding carboxylic acids is 1. The summed E-state index contributed by atoms with van der Waals surface area (Å²) in [5, 5.41) is 12.3. The van der Waals surface area contributed by atoms with E-state index < -0.39 is 8.32 Å². The molecule has 0 aromatic heterocycles. The summed E-state index contributed by atoms with van der Waals surface area (Å²) in [6.07, 6.45) is 7.09. The highest BCUT2D eigenvalue weighted by molar-refractivity contribution is 6.99. The fourth-order valence-corrected chi connectivity index (χ4v) is 11.9. The summed E-state index contributed by atoms with van der Waals surface area (Å²) < 4.78 is 7.35. The van der Waals surface area contributed by atoms with Crippen molar-refractivity contribution in [3.63, 3.8) is 0 Å². The number of hydrogen-bond donors (Lipinski definition) is 1. The lowest BCUT2D eigenvalue weighted by Gasteiger charge is -2.53. The second-order valence-electron chi connectivity index (χ2n) is 11.6. The van der Waals surface area contributed by atoms with Gasteiger partial charge in [-0.15, -0.1) is 0 Å². The van der Waals surface area contributed by atoms with E-state index in [1.165, 1.54) is 10.4 Å². The lowest BCUT2D eigenvalue weighted by atomic mass is 9.75. The summed E-state index contributed by atoms with van der Waals surface area (Å²) in [7, 11) is -2.62. The average Bonchev–Trinajstić information content (AvgIpc) is 3.22. The molecule has 2 fully saturated rings. The van der Waals surface area contributed by atoms with E-state index in [1.807, 2.05) is 0 Å². The van der Waals surface area contributed by atoms with Crippen LogP contribution in [-0.4, -0.2) is 49.0 Å². The predicted octanol–water partition coefficient (Wildman–Crippen LogP) is 4.89. The van der Waals surface area contributed by atoms with Gasteiger partial charge in [-0.2, -0.15) is 0 Å². The summed E-state index contributed by atoms with van der Waals surface area (Å²) in [5.74, 6) is 0.468. The van der Waals surface area contributed by atoms with Gasteiger partial charge in [-0.05, 0) is 53.9 Å². The second kappa shape index (κ2) is 10.6. The van der Waals surface area contributed by atoms with Crippen molar-refractivity contribution in [1.29, 1.82) is 0 Å². The van der Waals surface area contributed by atoms with Gasteiger partial charge in [0, 0.05) is 37.6 Å². The number of hydrogen-bond acceptors (Lipinski definition) is 3. The highest BCUT2D eigenvalue weighted by atomic mass is 28.4. The van der Waals surface area contributed by atoms with Crippen molar-refractivity contribution in [2.75, 3.05) is 13.2 Å². The van der Waals surface area contributed by atoms with Crippen LogP contribution in [0.3, 0.4) is 0 Å². The predicted molar refractivity (Wildman–Crippen MR) is 146 cm³/mol. The Labute approximate surface area is 212 Å². The minimum Gasteiger partial charge on any atom is -0.407 e. The van der Waals surface area contributed by atoms with Crippen molar-refractivity contribution in [3.8, 4) is 0 Å². The monoisotopic (exact) mass is 493 g/mol. The minimum atomic E-state index is -2.62. The number of rotatable bonds is 7. The smallest absolute Gasteiger partial charge is 0.261 e. The van der Waals surface area contributed by atoms with Crippen LogP contribution >= 0.6 is 0 Å². The third-order valence-electron chi connectivity index (χ3n) is 8.63. The molecule has 0 radical (unpaired) electrons. The maximum absolute atomic E-state index is 13.0. The Bertz CT molecular complexity index is 933. The Morgan fingerprint density at radius 3 is 2.03 bits per heavy atom.